The minimum Gasteiger partial charge on any atom is -0.287 e. The minimum atomic E-state index is -1.18. The van der Waals surface area contributed by atoms with Gasteiger partial charge in [-0.25, -0.2) is 4.21 Å². The molecule has 0 aromatic carbocycles. The van der Waals surface area contributed by atoms with E-state index in [0.29, 0.717) is 5.75 Å². The van der Waals surface area contributed by atoms with Gasteiger partial charge in [-0.3, -0.25) is 4.18 Å². The monoisotopic (exact) mass is 172 g/mol. The van der Waals surface area contributed by atoms with Crippen LogP contribution in [-0.2, 0) is 15.3 Å². The summed E-state index contributed by atoms with van der Waals surface area (Å²) in [4.78, 5) is 0. The summed E-state index contributed by atoms with van der Waals surface area (Å²) < 4.78 is 16.1. The van der Waals surface area contributed by atoms with Crippen molar-refractivity contribution in [3.8, 4) is 12.3 Å². The molecule has 0 radical (unpaired) electrons. The van der Waals surface area contributed by atoms with Crippen molar-refractivity contribution in [2.24, 2.45) is 5.41 Å². The molecule has 3 atom stereocenters. The lowest BCUT2D eigenvalue weighted by Gasteiger charge is -2.31. The number of hydrogen-bond acceptors (Lipinski definition) is 2. The number of hydrogen-bond donors (Lipinski definition) is 0. The van der Waals surface area contributed by atoms with Crippen molar-refractivity contribution in [1.29, 1.82) is 0 Å². The Bertz CT molecular complexity index is 219. The lowest BCUT2D eigenvalue weighted by atomic mass is 9.88. The van der Waals surface area contributed by atoms with E-state index in [9.17, 15) is 4.21 Å². The first-order valence-electron chi connectivity index (χ1n) is 3.59. The molecule has 0 amide bonds. The highest BCUT2D eigenvalue weighted by Gasteiger charge is 2.33. The molecule has 0 saturated carbocycles. The molecule has 0 N–H and O–H groups in total. The molecule has 1 heterocycles. The van der Waals surface area contributed by atoms with Crippen molar-refractivity contribution in [1.82, 2.24) is 0 Å². The van der Waals surface area contributed by atoms with Gasteiger partial charge in [0.2, 0.25) is 0 Å². The van der Waals surface area contributed by atoms with Gasteiger partial charge in [-0.15, -0.1) is 6.42 Å². The second-order valence-corrected chi connectivity index (χ2v) is 4.35. The molecular weight excluding hydrogens is 160 g/mol. The highest BCUT2D eigenvalue weighted by atomic mass is 32.2. The van der Waals surface area contributed by atoms with E-state index < -0.39 is 11.1 Å². The van der Waals surface area contributed by atoms with E-state index in [1.807, 2.05) is 13.8 Å². The normalized spacial score (nSPS) is 44.8. The Morgan fingerprint density at radius 1 is 1.82 bits per heavy atom. The molecule has 0 aromatic heterocycles. The Morgan fingerprint density at radius 3 is 2.91 bits per heavy atom. The fourth-order valence-corrected chi connectivity index (χ4v) is 2.53. The largest absolute Gasteiger partial charge is 0.287 e. The molecule has 0 bridgehead atoms. The van der Waals surface area contributed by atoms with Gasteiger partial charge in [-0.1, -0.05) is 5.92 Å². The molecule has 2 nitrogen and oxygen atoms in total. The standard InChI is InChI=1S/C8H12O2S/c1-4-8(3)5-7(2)10-11(9)6-8/h1,7H,5-6H2,2-3H3. The van der Waals surface area contributed by atoms with Crippen LogP contribution in [0.4, 0.5) is 0 Å². The summed E-state index contributed by atoms with van der Waals surface area (Å²) in [5.74, 6) is 3.13. The average Bonchev–Trinajstić information content (AvgIpc) is 1.84. The molecule has 1 fully saturated rings. The van der Waals surface area contributed by atoms with Crippen molar-refractivity contribution >= 4 is 11.1 Å². The van der Waals surface area contributed by atoms with Crippen LogP contribution in [0.15, 0.2) is 0 Å². The summed E-state index contributed by atoms with van der Waals surface area (Å²) in [6, 6.07) is 0. The summed E-state index contributed by atoms with van der Waals surface area (Å²) in [6.07, 6.45) is 6.14. The Kier molecular flexibility index (Phi) is 2.36. The van der Waals surface area contributed by atoms with E-state index in [1.165, 1.54) is 0 Å². The van der Waals surface area contributed by atoms with Gasteiger partial charge < -0.3 is 0 Å². The fraction of sp³-hybridized carbons (Fsp3) is 0.750. The SMILES string of the molecule is C#CC1(C)CC(C)OS(=O)C1. The summed E-state index contributed by atoms with van der Waals surface area (Å²) in [5, 5.41) is 0. The topological polar surface area (TPSA) is 26.3 Å². The van der Waals surface area contributed by atoms with Crippen LogP contribution in [0.2, 0.25) is 0 Å². The van der Waals surface area contributed by atoms with Crippen molar-refractivity contribution in [3.05, 3.63) is 0 Å². The van der Waals surface area contributed by atoms with Gasteiger partial charge in [0.1, 0.15) is 0 Å². The number of rotatable bonds is 0. The smallest absolute Gasteiger partial charge is 0.157 e. The summed E-state index contributed by atoms with van der Waals surface area (Å²) in [7, 11) is 0. The van der Waals surface area contributed by atoms with E-state index >= 15 is 0 Å². The van der Waals surface area contributed by atoms with Crippen LogP contribution in [0.25, 0.3) is 0 Å². The third-order valence-corrected chi connectivity index (χ3v) is 3.21. The quantitative estimate of drug-likeness (QED) is 0.511. The predicted molar refractivity (Wildman–Crippen MR) is 45.1 cm³/mol. The zero-order valence-corrected chi connectivity index (χ0v) is 7.61. The predicted octanol–water partition coefficient (Wildman–Crippen LogP) is 1.10. The first-order valence-corrected chi connectivity index (χ1v) is 4.83. The van der Waals surface area contributed by atoms with Crippen molar-refractivity contribution < 1.29 is 8.39 Å². The fourth-order valence-electron chi connectivity index (χ4n) is 1.31. The summed E-state index contributed by atoms with van der Waals surface area (Å²) >= 11 is -1.18. The zero-order valence-electron chi connectivity index (χ0n) is 6.79. The van der Waals surface area contributed by atoms with Gasteiger partial charge in [0.05, 0.1) is 11.9 Å². The van der Waals surface area contributed by atoms with Gasteiger partial charge in [-0.2, -0.15) is 0 Å². The third kappa shape index (κ3) is 2.05. The molecular formula is C8H12O2S. The molecule has 3 unspecified atom stereocenters. The first-order chi connectivity index (χ1) is 5.06. The maximum atomic E-state index is 11.0. The Hall–Kier alpha value is -0.330. The van der Waals surface area contributed by atoms with Gasteiger partial charge in [0, 0.05) is 5.41 Å². The number of terminal acetylenes is 1. The maximum absolute atomic E-state index is 11.0. The molecule has 1 rings (SSSR count). The van der Waals surface area contributed by atoms with Gasteiger partial charge in [0.25, 0.3) is 0 Å². The molecule has 11 heavy (non-hydrogen) atoms. The molecule has 0 aromatic rings. The van der Waals surface area contributed by atoms with Gasteiger partial charge in [-0.05, 0) is 20.3 Å². The molecule has 1 saturated heterocycles. The van der Waals surface area contributed by atoms with Crippen LogP contribution in [0, 0.1) is 17.8 Å². The molecule has 1 aliphatic heterocycles. The van der Waals surface area contributed by atoms with Crippen LogP contribution < -0.4 is 0 Å². The van der Waals surface area contributed by atoms with Crippen molar-refractivity contribution in [2.75, 3.05) is 5.75 Å². The Labute approximate surface area is 70.0 Å². The second-order valence-electron chi connectivity index (χ2n) is 3.26. The van der Waals surface area contributed by atoms with Gasteiger partial charge in [0.15, 0.2) is 11.1 Å². The third-order valence-electron chi connectivity index (χ3n) is 1.79. The van der Waals surface area contributed by atoms with Crippen LogP contribution in [0.5, 0.6) is 0 Å². The minimum absolute atomic E-state index is 0.0191. The van der Waals surface area contributed by atoms with Crippen LogP contribution in [0.3, 0.4) is 0 Å². The highest BCUT2D eigenvalue weighted by Crippen LogP contribution is 2.29. The zero-order chi connectivity index (χ0) is 8.48. The van der Waals surface area contributed by atoms with Crippen LogP contribution in [0.1, 0.15) is 20.3 Å². The molecule has 0 spiro atoms. The lowest BCUT2D eigenvalue weighted by Crippen LogP contribution is -2.35. The maximum Gasteiger partial charge on any atom is 0.157 e. The second kappa shape index (κ2) is 2.96. The first kappa shape index (κ1) is 8.76. The van der Waals surface area contributed by atoms with E-state index in [0.717, 1.165) is 6.42 Å². The van der Waals surface area contributed by atoms with Crippen LogP contribution >= 0.6 is 0 Å². The van der Waals surface area contributed by atoms with Gasteiger partial charge >= 0.3 is 0 Å². The molecule has 3 heteroatoms. The molecule has 0 aliphatic carbocycles. The van der Waals surface area contributed by atoms with Crippen molar-refractivity contribution in [2.45, 2.75) is 26.4 Å². The van der Waals surface area contributed by atoms with E-state index in [2.05, 4.69) is 5.92 Å². The summed E-state index contributed by atoms with van der Waals surface area (Å²) in [6.45, 7) is 3.84. The Balaban J connectivity index is 2.72. The van der Waals surface area contributed by atoms with E-state index in [4.69, 9.17) is 10.6 Å². The average molecular weight is 172 g/mol. The molecule has 1 aliphatic rings. The van der Waals surface area contributed by atoms with E-state index in [-0.39, 0.29) is 11.5 Å². The summed E-state index contributed by atoms with van der Waals surface area (Å²) in [5.41, 5.74) is -0.234. The van der Waals surface area contributed by atoms with Crippen molar-refractivity contribution in [3.63, 3.8) is 0 Å². The van der Waals surface area contributed by atoms with Crippen LogP contribution in [-0.4, -0.2) is 16.1 Å². The molecule has 62 valence electrons. The van der Waals surface area contributed by atoms with E-state index in [1.54, 1.807) is 0 Å². The lowest BCUT2D eigenvalue weighted by molar-refractivity contribution is 0.170. The Morgan fingerprint density at radius 2 is 2.45 bits per heavy atom. The highest BCUT2D eigenvalue weighted by molar-refractivity contribution is 7.80.